The zero-order valence-corrected chi connectivity index (χ0v) is 16.5. The van der Waals surface area contributed by atoms with Crippen molar-refractivity contribution >= 4 is 11.6 Å². The summed E-state index contributed by atoms with van der Waals surface area (Å²) in [7, 11) is 0. The SMILES string of the molecule is CC(C)c1ccc(-c2noc(C3CC(=O)N(c4ccc(C(F)(F)F)cc4)C3)n2)cc1. The fourth-order valence-corrected chi connectivity index (χ4v) is 3.49. The molecule has 0 bridgehead atoms. The number of carbonyl (C=O) groups is 1. The summed E-state index contributed by atoms with van der Waals surface area (Å²) in [5.74, 6) is 0.707. The molecule has 0 saturated carbocycles. The molecule has 1 saturated heterocycles. The minimum atomic E-state index is -4.41. The number of amides is 1. The summed E-state index contributed by atoms with van der Waals surface area (Å²) in [4.78, 5) is 18.3. The van der Waals surface area contributed by atoms with Crippen molar-refractivity contribution in [2.45, 2.75) is 38.3 Å². The molecule has 3 aromatic rings. The molecule has 2 heterocycles. The van der Waals surface area contributed by atoms with Crippen LogP contribution in [0.1, 0.15) is 49.1 Å². The molecule has 1 aliphatic heterocycles. The van der Waals surface area contributed by atoms with Crippen LogP contribution >= 0.6 is 0 Å². The first kappa shape index (κ1) is 20.1. The average molecular weight is 415 g/mol. The summed E-state index contributed by atoms with van der Waals surface area (Å²) in [6.45, 7) is 4.50. The predicted molar refractivity (Wildman–Crippen MR) is 105 cm³/mol. The van der Waals surface area contributed by atoms with Gasteiger partial charge in [0.15, 0.2) is 0 Å². The lowest BCUT2D eigenvalue weighted by Gasteiger charge is -2.17. The van der Waals surface area contributed by atoms with Crippen molar-refractivity contribution < 1.29 is 22.5 Å². The van der Waals surface area contributed by atoms with Crippen molar-refractivity contribution in [3.63, 3.8) is 0 Å². The van der Waals surface area contributed by atoms with E-state index < -0.39 is 11.7 Å². The van der Waals surface area contributed by atoms with E-state index in [0.29, 0.717) is 23.3 Å². The third-order valence-corrected chi connectivity index (χ3v) is 5.26. The first-order chi connectivity index (χ1) is 14.2. The Bertz CT molecular complexity index is 1040. The smallest absolute Gasteiger partial charge is 0.339 e. The number of benzene rings is 2. The van der Waals surface area contributed by atoms with Gasteiger partial charge in [0, 0.05) is 24.2 Å². The highest BCUT2D eigenvalue weighted by Crippen LogP contribution is 2.34. The average Bonchev–Trinajstić information content (AvgIpc) is 3.34. The van der Waals surface area contributed by atoms with Gasteiger partial charge in [0.1, 0.15) is 0 Å². The van der Waals surface area contributed by atoms with E-state index in [-0.39, 0.29) is 24.8 Å². The second-order valence-electron chi connectivity index (χ2n) is 7.68. The molecule has 0 spiro atoms. The zero-order chi connectivity index (χ0) is 21.5. The number of carbonyl (C=O) groups excluding carboxylic acids is 1. The first-order valence-corrected chi connectivity index (χ1v) is 9.64. The largest absolute Gasteiger partial charge is 0.416 e. The van der Waals surface area contributed by atoms with Gasteiger partial charge in [-0.25, -0.2) is 0 Å². The maximum atomic E-state index is 12.8. The van der Waals surface area contributed by atoms with Crippen LogP contribution in [0.5, 0.6) is 0 Å². The van der Waals surface area contributed by atoms with Gasteiger partial charge < -0.3 is 9.42 Å². The molecule has 0 N–H and O–H groups in total. The first-order valence-electron chi connectivity index (χ1n) is 9.64. The van der Waals surface area contributed by atoms with E-state index in [1.54, 1.807) is 0 Å². The Morgan fingerprint density at radius 3 is 2.33 bits per heavy atom. The standard InChI is InChI=1S/C22H20F3N3O2/c1-13(2)14-3-5-15(6-4-14)20-26-21(30-27-20)16-11-19(29)28(12-16)18-9-7-17(8-10-18)22(23,24)25/h3-10,13,16H,11-12H2,1-2H3. The van der Waals surface area contributed by atoms with Gasteiger partial charge >= 0.3 is 6.18 Å². The van der Waals surface area contributed by atoms with Crippen molar-refractivity contribution in [3.8, 4) is 11.4 Å². The normalized spacial score (nSPS) is 17.2. The molecule has 0 aliphatic carbocycles. The lowest BCUT2D eigenvalue weighted by atomic mass is 10.0. The Balaban J connectivity index is 1.49. The van der Waals surface area contributed by atoms with Crippen LogP contribution in [0.25, 0.3) is 11.4 Å². The maximum absolute atomic E-state index is 12.8. The number of rotatable bonds is 4. The topological polar surface area (TPSA) is 59.2 Å². The van der Waals surface area contributed by atoms with Crippen LogP contribution in [0.4, 0.5) is 18.9 Å². The van der Waals surface area contributed by atoms with Gasteiger partial charge in [-0.3, -0.25) is 4.79 Å². The molecule has 1 atom stereocenters. The Kier molecular flexibility index (Phi) is 5.09. The van der Waals surface area contributed by atoms with Gasteiger partial charge in [0.2, 0.25) is 17.6 Å². The number of alkyl halides is 3. The second-order valence-corrected chi connectivity index (χ2v) is 7.68. The fraction of sp³-hybridized carbons (Fsp3) is 0.318. The summed E-state index contributed by atoms with van der Waals surface area (Å²) in [6.07, 6.45) is -4.25. The van der Waals surface area contributed by atoms with Crippen LogP contribution in [-0.2, 0) is 11.0 Å². The van der Waals surface area contributed by atoms with Crippen molar-refractivity contribution in [1.82, 2.24) is 10.1 Å². The minimum Gasteiger partial charge on any atom is -0.339 e. The number of anilines is 1. The summed E-state index contributed by atoms with van der Waals surface area (Å²) < 4.78 is 43.6. The Morgan fingerprint density at radius 1 is 1.07 bits per heavy atom. The molecule has 8 heteroatoms. The van der Waals surface area contributed by atoms with Crippen LogP contribution < -0.4 is 4.90 Å². The molecule has 1 unspecified atom stereocenters. The monoisotopic (exact) mass is 415 g/mol. The van der Waals surface area contributed by atoms with Crippen molar-refractivity contribution in [1.29, 1.82) is 0 Å². The van der Waals surface area contributed by atoms with E-state index in [9.17, 15) is 18.0 Å². The van der Waals surface area contributed by atoms with E-state index in [0.717, 1.165) is 17.7 Å². The molecule has 4 rings (SSSR count). The van der Waals surface area contributed by atoms with Gasteiger partial charge in [-0.05, 0) is 35.7 Å². The molecule has 2 aromatic carbocycles. The molecule has 1 aliphatic rings. The Hall–Kier alpha value is -3.16. The highest BCUT2D eigenvalue weighted by atomic mass is 19.4. The molecule has 30 heavy (non-hydrogen) atoms. The van der Waals surface area contributed by atoms with Gasteiger partial charge in [0.25, 0.3) is 0 Å². The lowest BCUT2D eigenvalue weighted by Crippen LogP contribution is -2.24. The van der Waals surface area contributed by atoms with Crippen molar-refractivity contribution in [2.75, 3.05) is 11.4 Å². The van der Waals surface area contributed by atoms with E-state index in [1.165, 1.54) is 22.6 Å². The van der Waals surface area contributed by atoms with E-state index in [4.69, 9.17) is 4.52 Å². The van der Waals surface area contributed by atoms with Crippen LogP contribution in [0.15, 0.2) is 53.1 Å². The molecule has 0 radical (unpaired) electrons. The molecule has 1 fully saturated rings. The summed E-state index contributed by atoms with van der Waals surface area (Å²) in [5, 5.41) is 4.03. The van der Waals surface area contributed by atoms with Gasteiger partial charge in [0.05, 0.1) is 11.5 Å². The summed E-state index contributed by atoms with van der Waals surface area (Å²) in [5.41, 5.74) is 1.69. The van der Waals surface area contributed by atoms with Crippen LogP contribution in [0.2, 0.25) is 0 Å². The molecule has 5 nitrogen and oxygen atoms in total. The molecule has 156 valence electrons. The summed E-state index contributed by atoms with van der Waals surface area (Å²) >= 11 is 0. The number of halogens is 3. The molecule has 1 amide bonds. The number of aromatic nitrogens is 2. The van der Waals surface area contributed by atoms with E-state index in [1.807, 2.05) is 24.3 Å². The number of hydrogen-bond donors (Lipinski definition) is 0. The Morgan fingerprint density at radius 2 is 1.73 bits per heavy atom. The van der Waals surface area contributed by atoms with Crippen molar-refractivity contribution in [2.24, 2.45) is 0 Å². The summed E-state index contributed by atoms with van der Waals surface area (Å²) in [6, 6.07) is 12.4. The number of nitrogens with zero attached hydrogens (tertiary/aromatic N) is 3. The quantitative estimate of drug-likeness (QED) is 0.573. The van der Waals surface area contributed by atoms with E-state index >= 15 is 0 Å². The number of hydrogen-bond acceptors (Lipinski definition) is 4. The third-order valence-electron chi connectivity index (χ3n) is 5.26. The Labute approximate surface area is 171 Å². The van der Waals surface area contributed by atoms with Gasteiger partial charge in [-0.15, -0.1) is 0 Å². The minimum absolute atomic E-state index is 0.162. The molecule has 1 aromatic heterocycles. The lowest BCUT2D eigenvalue weighted by molar-refractivity contribution is -0.137. The van der Waals surface area contributed by atoms with Crippen LogP contribution in [0, 0.1) is 0 Å². The molecular weight excluding hydrogens is 395 g/mol. The van der Waals surface area contributed by atoms with Crippen LogP contribution in [-0.4, -0.2) is 22.6 Å². The maximum Gasteiger partial charge on any atom is 0.416 e. The van der Waals surface area contributed by atoms with Gasteiger partial charge in [-0.1, -0.05) is 43.3 Å². The fourth-order valence-electron chi connectivity index (χ4n) is 3.49. The second kappa shape index (κ2) is 7.59. The third kappa shape index (κ3) is 3.94. The van der Waals surface area contributed by atoms with Gasteiger partial charge in [-0.2, -0.15) is 18.2 Å². The predicted octanol–water partition coefficient (Wildman–Crippen LogP) is 5.40. The van der Waals surface area contributed by atoms with E-state index in [2.05, 4.69) is 24.0 Å². The van der Waals surface area contributed by atoms with Crippen LogP contribution in [0.3, 0.4) is 0 Å². The highest BCUT2D eigenvalue weighted by molar-refractivity contribution is 5.96. The highest BCUT2D eigenvalue weighted by Gasteiger charge is 2.36. The zero-order valence-electron chi connectivity index (χ0n) is 16.5. The van der Waals surface area contributed by atoms with Crippen molar-refractivity contribution in [3.05, 3.63) is 65.5 Å². The molecular formula is C22H20F3N3O2.